The lowest BCUT2D eigenvalue weighted by molar-refractivity contribution is -0.0316. The molecule has 1 N–H and O–H groups in total. The monoisotopic (exact) mass is 232 g/mol. The zero-order chi connectivity index (χ0) is 11.3. The van der Waals surface area contributed by atoms with Crippen molar-refractivity contribution in [3.05, 3.63) is 0 Å². The molecule has 0 amide bonds. The molecule has 2 unspecified atom stereocenters. The highest BCUT2D eigenvalue weighted by molar-refractivity contribution is 7.92. The number of rotatable bonds is 1. The lowest BCUT2D eigenvalue weighted by Gasteiger charge is -2.45. The number of hydrogen-bond acceptors (Lipinski definition) is 3. The Bertz CT molecular complexity index is 325. The molecule has 0 saturated carbocycles. The number of sulfone groups is 1. The van der Waals surface area contributed by atoms with Crippen molar-refractivity contribution in [2.24, 2.45) is 5.92 Å². The Morgan fingerprint density at radius 1 is 1.20 bits per heavy atom. The van der Waals surface area contributed by atoms with Crippen LogP contribution in [0.15, 0.2) is 0 Å². The minimum atomic E-state index is -2.93. The van der Waals surface area contributed by atoms with Crippen LogP contribution in [-0.2, 0) is 9.84 Å². The smallest absolute Gasteiger partial charge is 0.156 e. The maximum atomic E-state index is 12.0. The molecule has 2 heterocycles. The van der Waals surface area contributed by atoms with Crippen LogP contribution >= 0.6 is 0 Å². The fourth-order valence-corrected chi connectivity index (χ4v) is 5.53. The zero-order valence-electron chi connectivity index (χ0n) is 9.44. The van der Waals surface area contributed by atoms with E-state index in [-0.39, 0.29) is 16.4 Å². The lowest BCUT2D eigenvalue weighted by Crippen LogP contribution is -2.53. The van der Waals surface area contributed by atoms with Crippen LogP contribution < -0.4 is 0 Å². The molecule has 2 rings (SSSR count). The van der Waals surface area contributed by atoms with Crippen LogP contribution in [0, 0.1) is 5.92 Å². The summed E-state index contributed by atoms with van der Waals surface area (Å²) in [4.78, 5) is 0. The highest BCUT2D eigenvalue weighted by Gasteiger charge is 2.51. The van der Waals surface area contributed by atoms with Gasteiger partial charge in [0.05, 0.1) is 16.1 Å². The number of aliphatic hydroxyl groups is 1. The van der Waals surface area contributed by atoms with Gasteiger partial charge in [-0.3, -0.25) is 0 Å². The minimum absolute atomic E-state index is 0.149. The van der Waals surface area contributed by atoms with Crippen LogP contribution in [-0.4, -0.2) is 29.6 Å². The minimum Gasteiger partial charge on any atom is -0.390 e. The number of fused-ring (bicyclic) bond motifs is 2. The molecule has 2 atom stereocenters. The molecule has 3 nitrogen and oxygen atoms in total. The molecule has 0 radical (unpaired) electrons. The van der Waals surface area contributed by atoms with Crippen molar-refractivity contribution in [3.8, 4) is 0 Å². The van der Waals surface area contributed by atoms with Crippen molar-refractivity contribution >= 4 is 9.84 Å². The predicted octanol–water partition coefficient (Wildman–Crippen LogP) is 1.50. The van der Waals surface area contributed by atoms with Gasteiger partial charge in [0.15, 0.2) is 9.84 Å². The fraction of sp³-hybridized carbons (Fsp3) is 1.00. The van der Waals surface area contributed by atoms with Crippen LogP contribution in [0.4, 0.5) is 0 Å². The van der Waals surface area contributed by atoms with Crippen molar-refractivity contribution in [3.63, 3.8) is 0 Å². The van der Waals surface area contributed by atoms with Crippen LogP contribution in [0.5, 0.6) is 0 Å². The van der Waals surface area contributed by atoms with Crippen molar-refractivity contribution in [1.82, 2.24) is 0 Å². The summed E-state index contributed by atoms with van der Waals surface area (Å²) in [5.41, 5.74) is -0.749. The molecule has 15 heavy (non-hydrogen) atoms. The molecule has 2 fully saturated rings. The van der Waals surface area contributed by atoms with Gasteiger partial charge >= 0.3 is 0 Å². The van der Waals surface area contributed by atoms with Crippen LogP contribution in [0.3, 0.4) is 0 Å². The summed E-state index contributed by atoms with van der Waals surface area (Å²) in [5.74, 6) is 0.149. The molecule has 2 saturated heterocycles. The Balaban J connectivity index is 2.30. The van der Waals surface area contributed by atoms with E-state index in [9.17, 15) is 13.5 Å². The van der Waals surface area contributed by atoms with Crippen molar-refractivity contribution in [1.29, 1.82) is 0 Å². The molecule has 0 aromatic rings. The first kappa shape index (κ1) is 11.4. The highest BCUT2D eigenvalue weighted by atomic mass is 32.2. The van der Waals surface area contributed by atoms with Crippen molar-refractivity contribution < 1.29 is 13.5 Å². The van der Waals surface area contributed by atoms with E-state index in [4.69, 9.17) is 0 Å². The molecule has 2 aliphatic rings. The summed E-state index contributed by atoms with van der Waals surface area (Å²) in [6.45, 7) is 3.96. The molecule has 2 aliphatic heterocycles. The number of hydrogen-bond donors (Lipinski definition) is 1. The molecule has 2 bridgehead atoms. The normalized spacial score (nSPS) is 44.3. The molecular formula is C11H20O3S. The Kier molecular flexibility index (Phi) is 2.62. The van der Waals surface area contributed by atoms with Gasteiger partial charge in [0.1, 0.15) is 0 Å². The van der Waals surface area contributed by atoms with Crippen LogP contribution in [0.25, 0.3) is 0 Å². The second-order valence-electron chi connectivity index (χ2n) is 5.43. The Hall–Kier alpha value is -0.0900. The van der Waals surface area contributed by atoms with Gasteiger partial charge < -0.3 is 5.11 Å². The van der Waals surface area contributed by atoms with Gasteiger partial charge in [0.25, 0.3) is 0 Å². The van der Waals surface area contributed by atoms with E-state index in [1.54, 1.807) is 0 Å². The average Bonchev–Trinajstić information content (AvgIpc) is 2.07. The molecule has 0 spiro atoms. The SMILES string of the molecule is CC(C)C1(O)CC2CCCC(C1)S2(=O)=O. The third-order valence-electron chi connectivity index (χ3n) is 4.22. The van der Waals surface area contributed by atoms with E-state index < -0.39 is 15.4 Å². The molecule has 88 valence electrons. The van der Waals surface area contributed by atoms with E-state index in [1.807, 2.05) is 13.8 Å². The van der Waals surface area contributed by atoms with Crippen molar-refractivity contribution in [2.75, 3.05) is 0 Å². The largest absolute Gasteiger partial charge is 0.390 e. The van der Waals surface area contributed by atoms with Gasteiger partial charge in [-0.1, -0.05) is 20.3 Å². The quantitative estimate of drug-likeness (QED) is 0.745. The molecule has 4 heteroatoms. The Labute approximate surface area is 91.8 Å². The predicted molar refractivity (Wildman–Crippen MR) is 59.4 cm³/mol. The first-order valence-electron chi connectivity index (χ1n) is 5.81. The van der Waals surface area contributed by atoms with Gasteiger partial charge in [-0.15, -0.1) is 0 Å². The first-order valence-corrected chi connectivity index (χ1v) is 7.42. The molecule has 0 aliphatic carbocycles. The second kappa shape index (κ2) is 3.45. The summed E-state index contributed by atoms with van der Waals surface area (Å²) in [6.07, 6.45) is 3.39. The summed E-state index contributed by atoms with van der Waals surface area (Å²) >= 11 is 0. The second-order valence-corrected chi connectivity index (χ2v) is 7.94. The molecule has 0 aromatic carbocycles. The average molecular weight is 232 g/mol. The van der Waals surface area contributed by atoms with Crippen LogP contribution in [0.2, 0.25) is 0 Å². The lowest BCUT2D eigenvalue weighted by atomic mass is 9.78. The molecular weight excluding hydrogens is 212 g/mol. The first-order chi connectivity index (χ1) is 6.86. The van der Waals surface area contributed by atoms with E-state index >= 15 is 0 Å². The topological polar surface area (TPSA) is 54.4 Å². The summed E-state index contributed by atoms with van der Waals surface area (Å²) in [6, 6.07) is 0. The van der Waals surface area contributed by atoms with E-state index in [2.05, 4.69) is 0 Å². The van der Waals surface area contributed by atoms with Crippen molar-refractivity contribution in [2.45, 2.75) is 62.1 Å². The highest BCUT2D eigenvalue weighted by Crippen LogP contribution is 2.44. The van der Waals surface area contributed by atoms with Gasteiger partial charge in [-0.2, -0.15) is 0 Å². The van der Waals surface area contributed by atoms with Gasteiger partial charge in [-0.05, 0) is 31.6 Å². The Morgan fingerprint density at radius 3 is 2.07 bits per heavy atom. The maximum absolute atomic E-state index is 12.0. The zero-order valence-corrected chi connectivity index (χ0v) is 10.3. The third-order valence-corrected chi connectivity index (χ3v) is 6.88. The summed E-state index contributed by atoms with van der Waals surface area (Å²) < 4.78 is 24.0. The van der Waals surface area contributed by atoms with Gasteiger partial charge in [-0.25, -0.2) is 8.42 Å². The summed E-state index contributed by atoms with van der Waals surface area (Å²) in [5, 5.41) is 9.86. The Morgan fingerprint density at radius 2 is 1.67 bits per heavy atom. The van der Waals surface area contributed by atoms with Crippen LogP contribution in [0.1, 0.15) is 46.0 Å². The standard InChI is InChI=1S/C11H20O3S/c1-8(2)11(12)6-9-4-3-5-10(7-11)15(9,13)14/h8-10,12H,3-7H2,1-2H3. The fourth-order valence-electron chi connectivity index (χ4n) is 2.95. The van der Waals surface area contributed by atoms with E-state index in [0.717, 1.165) is 19.3 Å². The van der Waals surface area contributed by atoms with Gasteiger partial charge in [0.2, 0.25) is 0 Å². The summed E-state index contributed by atoms with van der Waals surface area (Å²) in [7, 11) is -2.93. The third kappa shape index (κ3) is 1.72. The van der Waals surface area contributed by atoms with E-state index in [0.29, 0.717) is 12.8 Å². The molecule has 0 aromatic heterocycles. The van der Waals surface area contributed by atoms with E-state index in [1.165, 1.54) is 0 Å². The maximum Gasteiger partial charge on any atom is 0.156 e. The van der Waals surface area contributed by atoms with Gasteiger partial charge in [0, 0.05) is 0 Å².